The summed E-state index contributed by atoms with van der Waals surface area (Å²) in [6.45, 7) is 3.61. The number of pyridine rings is 1. The summed E-state index contributed by atoms with van der Waals surface area (Å²) in [7, 11) is 0. The molecule has 3 heterocycles. The van der Waals surface area contributed by atoms with Gasteiger partial charge in [0.25, 0.3) is 5.69 Å². The molecule has 8 heteroatoms. The quantitative estimate of drug-likeness (QED) is 0.469. The number of fused-ring (bicyclic) bond motifs is 1. The van der Waals surface area contributed by atoms with Crippen LogP contribution in [0.2, 0.25) is 5.02 Å². The summed E-state index contributed by atoms with van der Waals surface area (Å²) in [5.74, 6) is 1.27. The fourth-order valence-corrected chi connectivity index (χ4v) is 4.70. The van der Waals surface area contributed by atoms with Gasteiger partial charge in [-0.1, -0.05) is 11.6 Å². The molecule has 6 nitrogen and oxygen atoms in total. The van der Waals surface area contributed by atoms with Gasteiger partial charge in [-0.2, -0.15) is 0 Å². The maximum absolute atomic E-state index is 10.9. The zero-order valence-electron chi connectivity index (χ0n) is 14.2. The molecule has 1 fully saturated rings. The zero-order valence-corrected chi connectivity index (χ0v) is 15.8. The average Bonchev–Trinajstić information content (AvgIpc) is 3.05. The van der Waals surface area contributed by atoms with Crippen molar-refractivity contribution in [3.05, 3.63) is 56.2 Å². The number of rotatable bonds is 3. The first kappa shape index (κ1) is 17.2. The third kappa shape index (κ3) is 3.24. The van der Waals surface area contributed by atoms with Gasteiger partial charge in [-0.05, 0) is 43.5 Å². The standard InChI is InChI=1S/C18H17ClN4O2S/c1-11-8-14(23(24)25)10-20-17(11)22-6-4-12(5-7-22)18-21-15-9-13(19)2-3-16(15)26-18/h2-3,8-10,12H,4-7H2,1H3. The van der Waals surface area contributed by atoms with Crippen molar-refractivity contribution in [3.63, 3.8) is 0 Å². The van der Waals surface area contributed by atoms with Gasteiger partial charge in [0.05, 0.1) is 20.1 Å². The Morgan fingerprint density at radius 3 is 2.77 bits per heavy atom. The first-order valence-electron chi connectivity index (χ1n) is 8.43. The van der Waals surface area contributed by atoms with E-state index in [9.17, 15) is 10.1 Å². The number of hydrogen-bond acceptors (Lipinski definition) is 6. The lowest BCUT2D eigenvalue weighted by Crippen LogP contribution is -2.34. The van der Waals surface area contributed by atoms with Gasteiger partial charge >= 0.3 is 0 Å². The van der Waals surface area contributed by atoms with Crippen molar-refractivity contribution in [1.29, 1.82) is 0 Å². The van der Waals surface area contributed by atoms with Crippen molar-refractivity contribution in [2.75, 3.05) is 18.0 Å². The normalized spacial score (nSPS) is 15.5. The van der Waals surface area contributed by atoms with Gasteiger partial charge in [-0.3, -0.25) is 10.1 Å². The van der Waals surface area contributed by atoms with Crippen molar-refractivity contribution in [1.82, 2.24) is 9.97 Å². The van der Waals surface area contributed by atoms with Crippen LogP contribution >= 0.6 is 22.9 Å². The molecular formula is C18H17ClN4O2S. The molecule has 3 aromatic rings. The molecule has 1 aliphatic heterocycles. The SMILES string of the molecule is Cc1cc([N+](=O)[O-])cnc1N1CCC(c2nc3cc(Cl)ccc3s2)CC1. The second-order valence-corrected chi connectivity index (χ2v) is 8.02. The van der Waals surface area contributed by atoms with Crippen LogP contribution in [-0.2, 0) is 0 Å². The average molecular weight is 389 g/mol. The van der Waals surface area contributed by atoms with Gasteiger partial charge in [0.2, 0.25) is 0 Å². The minimum atomic E-state index is -0.407. The topological polar surface area (TPSA) is 72.2 Å². The Morgan fingerprint density at radius 1 is 1.31 bits per heavy atom. The van der Waals surface area contributed by atoms with Crippen molar-refractivity contribution < 1.29 is 4.92 Å². The number of aryl methyl sites for hydroxylation is 1. The fourth-order valence-electron chi connectivity index (χ4n) is 3.41. The molecule has 0 amide bonds. The van der Waals surface area contributed by atoms with E-state index in [0.717, 1.165) is 47.8 Å². The number of benzene rings is 1. The maximum Gasteiger partial charge on any atom is 0.287 e. The Hall–Kier alpha value is -2.25. The van der Waals surface area contributed by atoms with Crippen LogP contribution in [0.5, 0.6) is 0 Å². The van der Waals surface area contributed by atoms with Crippen LogP contribution < -0.4 is 4.90 Å². The van der Waals surface area contributed by atoms with Crippen LogP contribution in [0.1, 0.15) is 29.3 Å². The Morgan fingerprint density at radius 2 is 2.08 bits per heavy atom. The first-order valence-corrected chi connectivity index (χ1v) is 9.62. The Labute approximate surface area is 159 Å². The van der Waals surface area contributed by atoms with Crippen LogP contribution in [0.25, 0.3) is 10.2 Å². The highest BCUT2D eigenvalue weighted by Crippen LogP contribution is 2.36. The molecule has 2 aromatic heterocycles. The molecular weight excluding hydrogens is 372 g/mol. The molecule has 134 valence electrons. The highest BCUT2D eigenvalue weighted by Gasteiger charge is 2.25. The Bertz CT molecular complexity index is 982. The van der Waals surface area contributed by atoms with Crippen molar-refractivity contribution in [2.45, 2.75) is 25.7 Å². The number of hydrogen-bond donors (Lipinski definition) is 0. The molecule has 0 spiro atoms. The summed E-state index contributed by atoms with van der Waals surface area (Å²) < 4.78 is 1.17. The Kier molecular flexibility index (Phi) is 4.50. The molecule has 1 aromatic carbocycles. The van der Waals surface area contributed by atoms with E-state index in [0.29, 0.717) is 10.9 Å². The van der Waals surface area contributed by atoms with E-state index in [1.54, 1.807) is 17.4 Å². The van der Waals surface area contributed by atoms with Crippen molar-refractivity contribution in [3.8, 4) is 0 Å². The molecule has 0 aliphatic carbocycles. The monoisotopic (exact) mass is 388 g/mol. The van der Waals surface area contributed by atoms with Gasteiger partial charge in [-0.15, -0.1) is 11.3 Å². The number of nitro groups is 1. The van der Waals surface area contributed by atoms with E-state index < -0.39 is 4.92 Å². The summed E-state index contributed by atoms with van der Waals surface area (Å²) in [6.07, 6.45) is 3.32. The molecule has 4 rings (SSSR count). The van der Waals surface area contributed by atoms with Gasteiger partial charge in [0.1, 0.15) is 12.0 Å². The number of nitrogens with zero attached hydrogens (tertiary/aromatic N) is 4. The van der Waals surface area contributed by atoms with E-state index in [2.05, 4.69) is 9.88 Å². The first-order chi connectivity index (χ1) is 12.5. The van der Waals surface area contributed by atoms with Crippen molar-refractivity contribution >= 4 is 44.7 Å². The van der Waals surface area contributed by atoms with Gasteiger partial charge in [0.15, 0.2) is 0 Å². The van der Waals surface area contributed by atoms with Crippen LogP contribution in [0.4, 0.5) is 11.5 Å². The van der Waals surface area contributed by atoms with Crippen LogP contribution in [0.15, 0.2) is 30.5 Å². The van der Waals surface area contributed by atoms with Crippen LogP contribution in [0.3, 0.4) is 0 Å². The summed E-state index contributed by atoms with van der Waals surface area (Å²) in [5.41, 5.74) is 1.84. The van der Waals surface area contributed by atoms with E-state index in [-0.39, 0.29) is 5.69 Å². The van der Waals surface area contributed by atoms with Gasteiger partial charge in [-0.25, -0.2) is 9.97 Å². The third-order valence-electron chi connectivity index (χ3n) is 4.76. The highest BCUT2D eigenvalue weighted by atomic mass is 35.5. The molecule has 0 N–H and O–H groups in total. The second kappa shape index (κ2) is 6.81. The fraction of sp³-hybridized carbons (Fsp3) is 0.333. The number of anilines is 1. The lowest BCUT2D eigenvalue weighted by molar-refractivity contribution is -0.385. The summed E-state index contributed by atoms with van der Waals surface area (Å²) >= 11 is 7.79. The molecule has 0 radical (unpaired) electrons. The zero-order chi connectivity index (χ0) is 18.3. The Balaban J connectivity index is 1.49. The largest absolute Gasteiger partial charge is 0.356 e. The minimum absolute atomic E-state index is 0.0364. The number of thiazole rings is 1. The van der Waals surface area contributed by atoms with Crippen LogP contribution in [0, 0.1) is 17.0 Å². The van der Waals surface area contributed by atoms with Gasteiger partial charge < -0.3 is 4.90 Å². The highest BCUT2D eigenvalue weighted by molar-refractivity contribution is 7.18. The number of piperidine rings is 1. The van der Waals surface area contributed by atoms with Gasteiger partial charge in [0, 0.05) is 30.1 Å². The molecule has 0 bridgehead atoms. The summed E-state index contributed by atoms with van der Waals surface area (Å²) in [5, 5.41) is 12.7. The van der Waals surface area contributed by atoms with E-state index >= 15 is 0 Å². The molecule has 0 unspecified atom stereocenters. The molecule has 1 saturated heterocycles. The van der Waals surface area contributed by atoms with Crippen molar-refractivity contribution in [2.24, 2.45) is 0 Å². The maximum atomic E-state index is 10.9. The third-order valence-corrected chi connectivity index (χ3v) is 6.19. The summed E-state index contributed by atoms with van der Waals surface area (Å²) in [6, 6.07) is 7.43. The smallest absolute Gasteiger partial charge is 0.287 e. The second-order valence-electron chi connectivity index (χ2n) is 6.52. The minimum Gasteiger partial charge on any atom is -0.356 e. The molecule has 1 aliphatic rings. The number of halogens is 1. The lowest BCUT2D eigenvalue weighted by Gasteiger charge is -2.32. The number of aromatic nitrogens is 2. The van der Waals surface area contributed by atoms with E-state index in [1.807, 2.05) is 25.1 Å². The summed E-state index contributed by atoms with van der Waals surface area (Å²) in [4.78, 5) is 21.8. The predicted molar refractivity (Wildman–Crippen MR) is 104 cm³/mol. The van der Waals surface area contributed by atoms with Crippen LogP contribution in [-0.4, -0.2) is 28.0 Å². The molecule has 0 atom stereocenters. The lowest BCUT2D eigenvalue weighted by atomic mass is 9.97. The van der Waals surface area contributed by atoms with E-state index in [4.69, 9.17) is 16.6 Å². The van der Waals surface area contributed by atoms with E-state index in [1.165, 1.54) is 10.9 Å². The molecule has 26 heavy (non-hydrogen) atoms. The predicted octanol–water partition coefficient (Wildman–Crippen LogP) is 4.95. The molecule has 0 saturated carbocycles.